The Bertz CT molecular complexity index is 292. The number of hydrogen-bond acceptors (Lipinski definition) is 3. The van der Waals surface area contributed by atoms with E-state index in [0.717, 1.165) is 19.6 Å². The first-order valence-electron chi connectivity index (χ1n) is 8.08. The van der Waals surface area contributed by atoms with Crippen LogP contribution in [0.1, 0.15) is 47.0 Å². The van der Waals surface area contributed by atoms with E-state index in [2.05, 4.69) is 37.5 Å². The van der Waals surface area contributed by atoms with Crippen molar-refractivity contribution >= 4 is 0 Å². The molecule has 3 unspecified atom stereocenters. The average molecular weight is 268 g/mol. The maximum absolute atomic E-state index is 10.6. The first-order valence-corrected chi connectivity index (χ1v) is 8.08. The number of piperazine rings is 1. The third-order valence-electron chi connectivity index (χ3n) is 5.39. The summed E-state index contributed by atoms with van der Waals surface area (Å²) in [4.78, 5) is 5.13. The van der Waals surface area contributed by atoms with Crippen LogP contribution >= 0.6 is 0 Å². The molecule has 0 aromatic heterocycles. The lowest BCUT2D eigenvalue weighted by Gasteiger charge is -2.45. The Labute approximate surface area is 119 Å². The van der Waals surface area contributed by atoms with Crippen molar-refractivity contribution in [2.24, 2.45) is 11.3 Å². The second-order valence-electron chi connectivity index (χ2n) is 7.32. The van der Waals surface area contributed by atoms with Crippen molar-refractivity contribution in [1.82, 2.24) is 9.80 Å². The van der Waals surface area contributed by atoms with Gasteiger partial charge in [-0.05, 0) is 37.6 Å². The van der Waals surface area contributed by atoms with Crippen molar-refractivity contribution in [2.75, 3.05) is 32.7 Å². The molecule has 1 aliphatic heterocycles. The van der Waals surface area contributed by atoms with Gasteiger partial charge in [-0.15, -0.1) is 0 Å². The van der Waals surface area contributed by atoms with Crippen molar-refractivity contribution in [2.45, 2.75) is 59.1 Å². The molecule has 0 aromatic rings. The summed E-state index contributed by atoms with van der Waals surface area (Å²) in [7, 11) is 0. The summed E-state index contributed by atoms with van der Waals surface area (Å²) >= 11 is 0. The van der Waals surface area contributed by atoms with Gasteiger partial charge in [-0.1, -0.05) is 27.2 Å². The first-order chi connectivity index (χ1) is 8.94. The minimum absolute atomic E-state index is 0.111. The van der Waals surface area contributed by atoms with Crippen LogP contribution in [0.4, 0.5) is 0 Å². The fraction of sp³-hybridized carbons (Fsp3) is 1.00. The second-order valence-corrected chi connectivity index (χ2v) is 7.32. The molecule has 2 fully saturated rings. The van der Waals surface area contributed by atoms with Crippen LogP contribution < -0.4 is 0 Å². The Morgan fingerprint density at radius 2 is 2.00 bits per heavy atom. The molecule has 3 nitrogen and oxygen atoms in total. The van der Waals surface area contributed by atoms with Crippen molar-refractivity contribution in [1.29, 1.82) is 0 Å². The lowest BCUT2D eigenvalue weighted by atomic mass is 9.69. The van der Waals surface area contributed by atoms with Gasteiger partial charge in [-0.25, -0.2) is 0 Å². The highest BCUT2D eigenvalue weighted by molar-refractivity contribution is 4.90. The van der Waals surface area contributed by atoms with Gasteiger partial charge in [0.15, 0.2) is 0 Å². The topological polar surface area (TPSA) is 26.7 Å². The average Bonchev–Trinajstić information content (AvgIpc) is 2.35. The minimum atomic E-state index is -0.124. The molecule has 1 aliphatic carbocycles. The van der Waals surface area contributed by atoms with Crippen molar-refractivity contribution in [3.05, 3.63) is 0 Å². The number of likely N-dealkylation sites (N-methyl/N-ethyl adjacent to an activating group) is 1. The quantitative estimate of drug-likeness (QED) is 0.850. The van der Waals surface area contributed by atoms with E-state index in [0.29, 0.717) is 12.0 Å². The Balaban J connectivity index is 1.88. The summed E-state index contributed by atoms with van der Waals surface area (Å²) in [6.45, 7) is 14.8. The van der Waals surface area contributed by atoms with E-state index in [9.17, 15) is 5.11 Å². The molecule has 0 spiro atoms. The molecule has 2 rings (SSSR count). The smallest absolute Gasteiger partial charge is 0.0631 e. The molecule has 3 atom stereocenters. The van der Waals surface area contributed by atoms with Crippen LogP contribution in [0.15, 0.2) is 0 Å². The monoisotopic (exact) mass is 268 g/mol. The lowest BCUT2D eigenvalue weighted by molar-refractivity contribution is -0.0493. The van der Waals surface area contributed by atoms with Crippen molar-refractivity contribution in [3.8, 4) is 0 Å². The van der Waals surface area contributed by atoms with Crippen LogP contribution in [-0.2, 0) is 0 Å². The summed E-state index contributed by atoms with van der Waals surface area (Å²) in [6.07, 6.45) is 3.53. The Morgan fingerprint density at radius 1 is 1.26 bits per heavy atom. The van der Waals surface area contributed by atoms with Gasteiger partial charge in [0.2, 0.25) is 0 Å². The molecular weight excluding hydrogens is 236 g/mol. The summed E-state index contributed by atoms with van der Waals surface area (Å²) in [6, 6.07) is 0.660. The highest BCUT2D eigenvalue weighted by atomic mass is 16.3. The molecule has 112 valence electrons. The molecule has 1 heterocycles. The standard InChI is InChI=1S/C16H32N2O/c1-5-18-10-9-17(11-13(18)2)12-14-7-6-8-16(3,4)15(14)19/h13-15,19H,5-12H2,1-4H3. The third kappa shape index (κ3) is 3.50. The number of hydrogen-bond donors (Lipinski definition) is 1. The van der Waals surface area contributed by atoms with E-state index in [1.807, 2.05) is 0 Å². The molecule has 0 aromatic carbocycles. The van der Waals surface area contributed by atoms with Gasteiger partial charge in [-0.3, -0.25) is 4.90 Å². The van der Waals surface area contributed by atoms with Gasteiger partial charge >= 0.3 is 0 Å². The molecule has 2 aliphatic rings. The number of rotatable bonds is 3. The van der Waals surface area contributed by atoms with Crippen LogP contribution in [0.5, 0.6) is 0 Å². The van der Waals surface area contributed by atoms with E-state index in [1.165, 1.54) is 32.4 Å². The predicted octanol–water partition coefficient (Wildman–Crippen LogP) is 2.20. The third-order valence-corrected chi connectivity index (χ3v) is 5.39. The first kappa shape index (κ1) is 15.3. The van der Waals surface area contributed by atoms with Crippen LogP contribution in [0.25, 0.3) is 0 Å². The summed E-state index contributed by atoms with van der Waals surface area (Å²) in [5, 5.41) is 10.6. The van der Waals surface area contributed by atoms with E-state index < -0.39 is 0 Å². The van der Waals surface area contributed by atoms with Gasteiger partial charge in [0, 0.05) is 32.2 Å². The van der Waals surface area contributed by atoms with Gasteiger partial charge in [-0.2, -0.15) is 0 Å². The van der Waals surface area contributed by atoms with E-state index in [-0.39, 0.29) is 11.5 Å². The molecular formula is C16H32N2O. The van der Waals surface area contributed by atoms with Crippen molar-refractivity contribution < 1.29 is 5.11 Å². The van der Waals surface area contributed by atoms with Crippen molar-refractivity contribution in [3.63, 3.8) is 0 Å². The zero-order valence-corrected chi connectivity index (χ0v) is 13.2. The van der Waals surface area contributed by atoms with Gasteiger partial charge in [0.05, 0.1) is 6.10 Å². The maximum atomic E-state index is 10.6. The molecule has 3 heteroatoms. The molecule has 0 amide bonds. The zero-order valence-electron chi connectivity index (χ0n) is 13.2. The Hall–Kier alpha value is -0.120. The van der Waals surface area contributed by atoms with E-state index in [1.54, 1.807) is 0 Å². The highest BCUT2D eigenvalue weighted by Crippen LogP contribution is 2.39. The van der Waals surface area contributed by atoms with E-state index in [4.69, 9.17) is 0 Å². The zero-order chi connectivity index (χ0) is 14.0. The number of aliphatic hydroxyl groups is 1. The number of nitrogens with zero attached hydrogens (tertiary/aromatic N) is 2. The SMILES string of the molecule is CCN1CCN(CC2CCCC(C)(C)C2O)CC1C. The molecule has 1 saturated heterocycles. The normalized spacial score (nSPS) is 37.4. The molecule has 0 bridgehead atoms. The minimum Gasteiger partial charge on any atom is -0.392 e. The summed E-state index contributed by atoms with van der Waals surface area (Å²) in [5.74, 6) is 0.476. The Kier molecular flexibility index (Phi) is 4.91. The van der Waals surface area contributed by atoms with E-state index >= 15 is 0 Å². The van der Waals surface area contributed by atoms with Crippen LogP contribution in [0.2, 0.25) is 0 Å². The molecule has 19 heavy (non-hydrogen) atoms. The maximum Gasteiger partial charge on any atom is 0.0631 e. The number of aliphatic hydroxyl groups excluding tert-OH is 1. The Morgan fingerprint density at radius 3 is 2.63 bits per heavy atom. The highest BCUT2D eigenvalue weighted by Gasteiger charge is 2.38. The fourth-order valence-corrected chi connectivity index (χ4v) is 3.99. The summed E-state index contributed by atoms with van der Waals surface area (Å²) in [5.41, 5.74) is 0.111. The van der Waals surface area contributed by atoms with Crippen LogP contribution in [-0.4, -0.2) is 59.8 Å². The largest absolute Gasteiger partial charge is 0.392 e. The fourth-order valence-electron chi connectivity index (χ4n) is 3.99. The van der Waals surface area contributed by atoms with Gasteiger partial charge in [0.1, 0.15) is 0 Å². The van der Waals surface area contributed by atoms with Gasteiger partial charge in [0.25, 0.3) is 0 Å². The second kappa shape index (κ2) is 6.11. The molecule has 1 N–H and O–H groups in total. The molecule has 1 saturated carbocycles. The predicted molar refractivity (Wildman–Crippen MR) is 80.3 cm³/mol. The lowest BCUT2D eigenvalue weighted by Crippen LogP contribution is -2.54. The summed E-state index contributed by atoms with van der Waals surface area (Å²) < 4.78 is 0. The van der Waals surface area contributed by atoms with Gasteiger partial charge < -0.3 is 10.0 Å². The van der Waals surface area contributed by atoms with Crippen LogP contribution in [0, 0.1) is 11.3 Å². The van der Waals surface area contributed by atoms with Crippen LogP contribution in [0.3, 0.4) is 0 Å². The molecule has 0 radical (unpaired) electrons.